The highest BCUT2D eigenvalue weighted by Crippen LogP contribution is 2.32. The summed E-state index contributed by atoms with van der Waals surface area (Å²) in [7, 11) is 0. The van der Waals surface area contributed by atoms with Crippen LogP contribution in [-0.4, -0.2) is 54.2 Å². The molecule has 9 nitrogen and oxygen atoms in total. The number of nitrogens with zero attached hydrogens (tertiary/aromatic N) is 6. The fourth-order valence-electron chi connectivity index (χ4n) is 4.50. The van der Waals surface area contributed by atoms with Crippen molar-refractivity contribution in [2.24, 2.45) is 0 Å². The van der Waals surface area contributed by atoms with E-state index in [9.17, 15) is 22.8 Å². The highest BCUT2D eigenvalue weighted by Gasteiger charge is 2.37. The minimum Gasteiger partial charge on any atom is -0.444 e. The zero-order valence-corrected chi connectivity index (χ0v) is 20.5. The quantitative estimate of drug-likeness (QED) is 0.530. The van der Waals surface area contributed by atoms with Gasteiger partial charge in [-0.05, 0) is 52.0 Å². The molecule has 4 heterocycles. The number of carbonyl (C=O) groups excluding carboxylic acids is 1. The lowest BCUT2D eigenvalue weighted by molar-refractivity contribution is -0.142. The third kappa shape index (κ3) is 5.17. The molecule has 4 rings (SSSR count). The number of aryl methyl sites for hydroxylation is 1. The summed E-state index contributed by atoms with van der Waals surface area (Å²) in [5, 5.41) is 0. The Morgan fingerprint density at radius 3 is 2.28 bits per heavy atom. The maximum atomic E-state index is 13.7. The van der Waals surface area contributed by atoms with Crippen LogP contribution in [0.3, 0.4) is 0 Å². The van der Waals surface area contributed by atoms with Crippen LogP contribution in [-0.2, 0) is 17.5 Å². The summed E-state index contributed by atoms with van der Waals surface area (Å²) >= 11 is 0. The summed E-state index contributed by atoms with van der Waals surface area (Å²) < 4.78 is 47.3. The summed E-state index contributed by atoms with van der Waals surface area (Å²) in [6.07, 6.45) is 0.843. The van der Waals surface area contributed by atoms with Gasteiger partial charge in [0.1, 0.15) is 11.1 Å². The van der Waals surface area contributed by atoms with E-state index in [0.717, 1.165) is 12.4 Å². The minimum absolute atomic E-state index is 0.175. The lowest BCUT2D eigenvalue weighted by Crippen LogP contribution is -2.42. The maximum absolute atomic E-state index is 13.7. The fraction of sp³-hybridized carbons (Fsp3) is 0.500. The van der Waals surface area contributed by atoms with E-state index >= 15 is 0 Å². The molecule has 12 heteroatoms. The van der Waals surface area contributed by atoms with Crippen LogP contribution in [0, 0.1) is 6.92 Å². The number of aromatic nitrogens is 5. The van der Waals surface area contributed by atoms with Crippen LogP contribution < -0.4 is 5.56 Å². The van der Waals surface area contributed by atoms with Crippen molar-refractivity contribution in [1.29, 1.82) is 0 Å². The molecule has 3 aromatic heterocycles. The molecule has 1 aliphatic rings. The van der Waals surface area contributed by atoms with Gasteiger partial charge in [0, 0.05) is 43.4 Å². The van der Waals surface area contributed by atoms with Crippen molar-refractivity contribution in [3.05, 3.63) is 57.7 Å². The second kappa shape index (κ2) is 9.47. The van der Waals surface area contributed by atoms with E-state index in [0.29, 0.717) is 42.6 Å². The lowest BCUT2D eigenvalue weighted by Gasteiger charge is -2.34. The van der Waals surface area contributed by atoms with Crippen molar-refractivity contribution in [3.63, 3.8) is 0 Å². The van der Waals surface area contributed by atoms with Crippen molar-refractivity contribution in [2.75, 3.05) is 13.1 Å². The Morgan fingerprint density at radius 2 is 1.64 bits per heavy atom. The summed E-state index contributed by atoms with van der Waals surface area (Å²) in [6, 6.07) is 0. The number of amides is 1. The average Bonchev–Trinajstić information content (AvgIpc) is 2.81. The SMILES string of the molecule is Cc1c(C2CCN(C(=O)OC(C)(C)C)CC2)c(=O)n(Cc2nccnc2C(F)(F)F)c2nccnc12. The highest BCUT2D eigenvalue weighted by molar-refractivity contribution is 5.75. The average molecular weight is 505 g/mol. The Hall–Kier alpha value is -3.57. The molecule has 1 amide bonds. The van der Waals surface area contributed by atoms with Crippen molar-refractivity contribution in [1.82, 2.24) is 29.4 Å². The molecule has 0 aromatic carbocycles. The van der Waals surface area contributed by atoms with E-state index in [1.807, 2.05) is 0 Å². The Balaban J connectivity index is 1.72. The van der Waals surface area contributed by atoms with E-state index < -0.39 is 35.7 Å². The molecular formula is C24H27F3N6O3. The highest BCUT2D eigenvalue weighted by atomic mass is 19.4. The van der Waals surface area contributed by atoms with Crippen LogP contribution in [0.25, 0.3) is 11.2 Å². The maximum Gasteiger partial charge on any atom is 0.435 e. The van der Waals surface area contributed by atoms with Gasteiger partial charge < -0.3 is 9.64 Å². The Morgan fingerprint density at radius 1 is 1.03 bits per heavy atom. The molecule has 0 spiro atoms. The number of piperidine rings is 1. The van der Waals surface area contributed by atoms with E-state index in [2.05, 4.69) is 19.9 Å². The van der Waals surface area contributed by atoms with Gasteiger partial charge in [0.05, 0.1) is 12.2 Å². The molecular weight excluding hydrogens is 477 g/mol. The molecule has 0 aliphatic carbocycles. The number of fused-ring (bicyclic) bond motifs is 1. The zero-order valence-electron chi connectivity index (χ0n) is 20.5. The van der Waals surface area contributed by atoms with Crippen LogP contribution in [0.15, 0.2) is 29.6 Å². The van der Waals surface area contributed by atoms with Gasteiger partial charge >= 0.3 is 12.3 Å². The van der Waals surface area contributed by atoms with Gasteiger partial charge in [-0.25, -0.2) is 14.8 Å². The number of likely N-dealkylation sites (tertiary alicyclic amines) is 1. The Labute approximate surface area is 205 Å². The topological polar surface area (TPSA) is 103 Å². The van der Waals surface area contributed by atoms with E-state index in [-0.39, 0.29) is 17.3 Å². The van der Waals surface area contributed by atoms with Crippen molar-refractivity contribution in [3.8, 4) is 0 Å². The van der Waals surface area contributed by atoms with E-state index in [4.69, 9.17) is 4.74 Å². The number of pyridine rings is 1. The summed E-state index contributed by atoms with van der Waals surface area (Å²) in [5.41, 5.74) is -0.905. The lowest BCUT2D eigenvalue weighted by atomic mass is 9.87. The monoisotopic (exact) mass is 504 g/mol. The van der Waals surface area contributed by atoms with Crippen LogP contribution >= 0.6 is 0 Å². The molecule has 0 saturated carbocycles. The van der Waals surface area contributed by atoms with Crippen molar-refractivity contribution < 1.29 is 22.7 Å². The molecule has 36 heavy (non-hydrogen) atoms. The summed E-state index contributed by atoms with van der Waals surface area (Å²) in [4.78, 5) is 43.7. The van der Waals surface area contributed by atoms with E-state index in [1.54, 1.807) is 32.6 Å². The molecule has 0 bridgehead atoms. The number of carbonyl (C=O) groups is 1. The minimum atomic E-state index is -4.73. The largest absolute Gasteiger partial charge is 0.444 e. The first-order valence-electron chi connectivity index (χ1n) is 11.6. The molecule has 0 atom stereocenters. The molecule has 1 saturated heterocycles. The number of rotatable bonds is 3. The van der Waals surface area contributed by atoms with Crippen LogP contribution in [0.4, 0.5) is 18.0 Å². The van der Waals surface area contributed by atoms with Crippen molar-refractivity contribution in [2.45, 2.75) is 64.8 Å². The number of alkyl halides is 3. The van der Waals surface area contributed by atoms with Crippen LogP contribution in [0.2, 0.25) is 0 Å². The number of hydrogen-bond acceptors (Lipinski definition) is 7. The second-order valence-electron chi connectivity index (χ2n) is 9.75. The Kier molecular flexibility index (Phi) is 6.72. The smallest absolute Gasteiger partial charge is 0.435 e. The molecule has 192 valence electrons. The molecule has 1 fully saturated rings. The Bertz CT molecular complexity index is 1340. The van der Waals surface area contributed by atoms with E-state index in [1.165, 1.54) is 17.0 Å². The molecule has 0 unspecified atom stereocenters. The predicted molar refractivity (Wildman–Crippen MR) is 124 cm³/mol. The summed E-state index contributed by atoms with van der Waals surface area (Å²) in [6.45, 7) is 7.46. The van der Waals surface area contributed by atoms with Crippen LogP contribution in [0.1, 0.15) is 62.0 Å². The van der Waals surface area contributed by atoms with Crippen LogP contribution in [0.5, 0.6) is 0 Å². The zero-order chi connectivity index (χ0) is 26.3. The molecule has 3 aromatic rings. The first kappa shape index (κ1) is 25.5. The fourth-order valence-corrected chi connectivity index (χ4v) is 4.50. The molecule has 0 radical (unpaired) electrons. The third-order valence-electron chi connectivity index (χ3n) is 6.07. The first-order valence-corrected chi connectivity index (χ1v) is 11.6. The van der Waals surface area contributed by atoms with Gasteiger partial charge in [0.25, 0.3) is 5.56 Å². The number of halogens is 3. The predicted octanol–water partition coefficient (Wildman–Crippen LogP) is 4.07. The second-order valence-corrected chi connectivity index (χ2v) is 9.75. The summed E-state index contributed by atoms with van der Waals surface area (Å²) in [5.74, 6) is -0.210. The van der Waals surface area contributed by atoms with Gasteiger partial charge in [-0.15, -0.1) is 0 Å². The molecule has 0 N–H and O–H groups in total. The number of hydrogen-bond donors (Lipinski definition) is 0. The van der Waals surface area contributed by atoms with Crippen molar-refractivity contribution >= 4 is 17.3 Å². The van der Waals surface area contributed by atoms with Gasteiger partial charge in [0.15, 0.2) is 11.3 Å². The first-order chi connectivity index (χ1) is 16.9. The normalized spacial score (nSPS) is 15.4. The third-order valence-corrected chi connectivity index (χ3v) is 6.07. The van der Waals surface area contributed by atoms with Gasteiger partial charge in [-0.3, -0.25) is 19.3 Å². The van der Waals surface area contributed by atoms with Gasteiger partial charge in [-0.2, -0.15) is 13.2 Å². The van der Waals surface area contributed by atoms with Gasteiger partial charge in [-0.1, -0.05) is 0 Å². The standard InChI is InChI=1S/C24H27F3N6O3/c1-14-17(15-5-11-32(12-6-15)22(35)36-23(2,3)4)21(34)33(20-18(14)29-8-10-31-20)13-16-19(24(25,26)27)30-9-7-28-16/h7-10,15H,5-6,11-13H2,1-4H3. The van der Waals surface area contributed by atoms with Gasteiger partial charge in [0.2, 0.25) is 0 Å². The number of ether oxygens (including phenoxy) is 1. The molecule has 1 aliphatic heterocycles.